The maximum absolute atomic E-state index is 2.32. The standard InChI is InChI=1S/C30H24S2/c1-5-15-25(16-6-1)31(26-17-7-2-8-18-26)29-23-13-14-24-30(29)32(27-19-9-3-10-20-27)28-21-11-4-12-22-28/h1-24H/q+2. The Balaban J connectivity index is 1.74. The zero-order chi connectivity index (χ0) is 21.6. The third-order valence-corrected chi connectivity index (χ3v) is 9.90. The summed E-state index contributed by atoms with van der Waals surface area (Å²) in [4.78, 5) is 8.15. The van der Waals surface area contributed by atoms with Gasteiger partial charge in [0.15, 0.2) is 19.6 Å². The van der Waals surface area contributed by atoms with Crippen molar-refractivity contribution in [1.29, 1.82) is 0 Å². The molecule has 0 aliphatic carbocycles. The molecule has 0 radical (unpaired) electrons. The van der Waals surface area contributed by atoms with Gasteiger partial charge in [0.05, 0.1) is 0 Å². The van der Waals surface area contributed by atoms with E-state index in [1.807, 2.05) is 0 Å². The van der Waals surface area contributed by atoms with Crippen molar-refractivity contribution >= 4 is 21.8 Å². The van der Waals surface area contributed by atoms with Crippen LogP contribution in [-0.4, -0.2) is 0 Å². The molecule has 5 aromatic carbocycles. The van der Waals surface area contributed by atoms with Crippen molar-refractivity contribution in [3.8, 4) is 0 Å². The molecule has 5 aromatic rings. The Kier molecular flexibility index (Phi) is 6.43. The van der Waals surface area contributed by atoms with Crippen LogP contribution in [0.2, 0.25) is 0 Å². The molecule has 0 atom stereocenters. The Labute approximate surface area is 196 Å². The lowest BCUT2D eigenvalue weighted by molar-refractivity contribution is 1.17. The Morgan fingerprint density at radius 3 is 0.719 bits per heavy atom. The highest BCUT2D eigenvalue weighted by Gasteiger charge is 2.40. The molecule has 0 aliphatic rings. The van der Waals surface area contributed by atoms with E-state index in [4.69, 9.17) is 0 Å². The minimum Gasteiger partial charge on any atom is -0.0619 e. The van der Waals surface area contributed by atoms with Gasteiger partial charge in [-0.3, -0.25) is 0 Å². The lowest BCUT2D eigenvalue weighted by atomic mass is 10.3. The summed E-state index contributed by atoms with van der Waals surface area (Å²) in [6, 6.07) is 52.7. The molecule has 0 fully saturated rings. The second-order valence-electron chi connectivity index (χ2n) is 7.31. The Bertz CT molecular complexity index is 1070. The van der Waals surface area contributed by atoms with Gasteiger partial charge in [-0.05, 0) is 60.7 Å². The van der Waals surface area contributed by atoms with Gasteiger partial charge in [0.2, 0.25) is 9.79 Å². The summed E-state index contributed by atoms with van der Waals surface area (Å²) in [6.45, 7) is 0. The normalized spacial score (nSPS) is 11.1. The van der Waals surface area contributed by atoms with Gasteiger partial charge in [0.1, 0.15) is 21.8 Å². The Morgan fingerprint density at radius 1 is 0.250 bits per heavy atom. The summed E-state index contributed by atoms with van der Waals surface area (Å²) in [6.07, 6.45) is 0. The van der Waals surface area contributed by atoms with Crippen molar-refractivity contribution in [3.63, 3.8) is 0 Å². The fourth-order valence-corrected chi connectivity index (χ4v) is 8.54. The molecule has 0 spiro atoms. The second kappa shape index (κ2) is 9.95. The summed E-state index contributed by atoms with van der Waals surface area (Å²) in [5.41, 5.74) is 0. The quantitative estimate of drug-likeness (QED) is 0.232. The maximum atomic E-state index is 2.32. The third-order valence-electron chi connectivity index (χ3n) is 5.20. The SMILES string of the molecule is c1ccc([S+](c2ccccc2)c2ccccc2[S+](c2ccccc2)c2ccccc2)cc1. The molecule has 0 saturated carbocycles. The van der Waals surface area contributed by atoms with Crippen LogP contribution in [-0.2, 0) is 21.8 Å². The lowest BCUT2D eigenvalue weighted by Crippen LogP contribution is -2.12. The first-order valence-electron chi connectivity index (χ1n) is 10.7. The number of hydrogen-bond donors (Lipinski definition) is 0. The van der Waals surface area contributed by atoms with E-state index in [0.29, 0.717) is 0 Å². The molecular formula is C30H24S2+2. The van der Waals surface area contributed by atoms with Crippen LogP contribution in [0.4, 0.5) is 0 Å². The zero-order valence-electron chi connectivity index (χ0n) is 17.7. The first-order chi connectivity index (χ1) is 15.9. The molecule has 154 valence electrons. The van der Waals surface area contributed by atoms with Crippen LogP contribution in [0.1, 0.15) is 0 Å². The van der Waals surface area contributed by atoms with E-state index >= 15 is 0 Å². The predicted octanol–water partition coefficient (Wildman–Crippen LogP) is 7.88. The van der Waals surface area contributed by atoms with Gasteiger partial charge in [-0.15, -0.1) is 0 Å². The van der Waals surface area contributed by atoms with Crippen molar-refractivity contribution < 1.29 is 0 Å². The minimum absolute atomic E-state index is 0.187. The van der Waals surface area contributed by atoms with Gasteiger partial charge >= 0.3 is 0 Å². The highest BCUT2D eigenvalue weighted by atomic mass is 32.2. The average Bonchev–Trinajstić information content (AvgIpc) is 2.88. The molecule has 0 heterocycles. The number of benzene rings is 5. The summed E-state index contributed by atoms with van der Waals surface area (Å²) in [7, 11) is -0.375. The van der Waals surface area contributed by atoms with Crippen LogP contribution in [0, 0.1) is 0 Å². The molecule has 0 amide bonds. The van der Waals surface area contributed by atoms with E-state index in [9.17, 15) is 0 Å². The first-order valence-corrected chi connectivity index (χ1v) is 13.1. The molecule has 0 N–H and O–H groups in total. The van der Waals surface area contributed by atoms with E-state index < -0.39 is 0 Å². The van der Waals surface area contributed by atoms with Gasteiger partial charge in [-0.25, -0.2) is 0 Å². The van der Waals surface area contributed by atoms with Gasteiger partial charge in [-0.1, -0.05) is 84.9 Å². The molecule has 32 heavy (non-hydrogen) atoms. The lowest BCUT2D eigenvalue weighted by Gasteiger charge is -2.13. The molecule has 0 saturated heterocycles. The molecule has 2 heteroatoms. The van der Waals surface area contributed by atoms with Crippen molar-refractivity contribution in [1.82, 2.24) is 0 Å². The highest BCUT2D eigenvalue weighted by Crippen LogP contribution is 2.40. The molecular weight excluding hydrogens is 424 g/mol. The van der Waals surface area contributed by atoms with Crippen LogP contribution >= 0.6 is 0 Å². The van der Waals surface area contributed by atoms with Crippen molar-refractivity contribution in [2.45, 2.75) is 29.4 Å². The first kappa shape index (κ1) is 20.7. The fourth-order valence-electron chi connectivity index (χ4n) is 3.79. The fraction of sp³-hybridized carbons (Fsp3) is 0. The number of rotatable bonds is 6. The van der Waals surface area contributed by atoms with Crippen molar-refractivity contribution in [2.75, 3.05) is 0 Å². The molecule has 0 aliphatic heterocycles. The Morgan fingerprint density at radius 2 is 0.469 bits per heavy atom. The zero-order valence-corrected chi connectivity index (χ0v) is 19.3. The van der Waals surface area contributed by atoms with E-state index in [-0.39, 0.29) is 21.8 Å². The Hall–Kier alpha value is -3.20. The van der Waals surface area contributed by atoms with E-state index in [1.165, 1.54) is 29.4 Å². The monoisotopic (exact) mass is 448 g/mol. The summed E-state index contributed by atoms with van der Waals surface area (Å²) >= 11 is 0. The molecule has 0 aromatic heterocycles. The molecule has 0 nitrogen and oxygen atoms in total. The van der Waals surface area contributed by atoms with Crippen LogP contribution in [0.3, 0.4) is 0 Å². The van der Waals surface area contributed by atoms with Crippen LogP contribution in [0.15, 0.2) is 175 Å². The van der Waals surface area contributed by atoms with Crippen molar-refractivity contribution in [3.05, 3.63) is 146 Å². The maximum Gasteiger partial charge on any atom is 0.222 e. The predicted molar refractivity (Wildman–Crippen MR) is 137 cm³/mol. The topological polar surface area (TPSA) is 0 Å². The molecule has 0 bridgehead atoms. The van der Waals surface area contributed by atoms with Crippen LogP contribution in [0.25, 0.3) is 0 Å². The van der Waals surface area contributed by atoms with Gasteiger partial charge in [0, 0.05) is 0 Å². The van der Waals surface area contributed by atoms with Gasteiger partial charge in [-0.2, -0.15) is 0 Å². The molecule has 5 rings (SSSR count). The summed E-state index contributed by atoms with van der Waals surface area (Å²) in [5, 5.41) is 0. The van der Waals surface area contributed by atoms with Crippen molar-refractivity contribution in [2.24, 2.45) is 0 Å². The van der Waals surface area contributed by atoms with Crippen LogP contribution in [0.5, 0.6) is 0 Å². The third kappa shape index (κ3) is 4.38. The minimum atomic E-state index is -0.187. The average molecular weight is 449 g/mol. The summed E-state index contributed by atoms with van der Waals surface area (Å²) in [5.74, 6) is 0. The number of hydrogen-bond acceptors (Lipinski definition) is 0. The van der Waals surface area contributed by atoms with E-state index in [0.717, 1.165) is 0 Å². The van der Waals surface area contributed by atoms with E-state index in [1.54, 1.807) is 0 Å². The largest absolute Gasteiger partial charge is 0.222 e. The van der Waals surface area contributed by atoms with Crippen LogP contribution < -0.4 is 0 Å². The van der Waals surface area contributed by atoms with E-state index in [2.05, 4.69) is 146 Å². The van der Waals surface area contributed by atoms with Gasteiger partial charge < -0.3 is 0 Å². The second-order valence-corrected chi connectivity index (χ2v) is 11.3. The molecule has 0 unspecified atom stereocenters. The highest BCUT2D eigenvalue weighted by molar-refractivity contribution is 8.00. The summed E-state index contributed by atoms with van der Waals surface area (Å²) < 4.78 is 0. The van der Waals surface area contributed by atoms with Gasteiger partial charge in [0.25, 0.3) is 0 Å². The smallest absolute Gasteiger partial charge is 0.0619 e.